The fourth-order valence-electron chi connectivity index (χ4n) is 1.27. The molecule has 0 N–H and O–H groups in total. The van der Waals surface area contributed by atoms with Gasteiger partial charge < -0.3 is 0 Å². The zero-order valence-electron chi connectivity index (χ0n) is 7.62. The smallest absolute Gasteiger partial charge is 0.232 e. The number of rotatable bonds is 1. The summed E-state index contributed by atoms with van der Waals surface area (Å²) in [6.45, 7) is -1.56. The molecule has 7 heteroatoms. The molecule has 1 nitrogen and oxygen atoms in total. The summed E-state index contributed by atoms with van der Waals surface area (Å²) >= 11 is 0. The molecule has 16 heavy (non-hydrogen) atoms. The normalized spacial score (nSPS) is 12.9. The Hall–Kier alpha value is -1.24. The molecule has 0 atom stereocenters. The molecular weight excluding hydrogens is 238 g/mol. The van der Waals surface area contributed by atoms with Crippen molar-refractivity contribution in [1.29, 1.82) is 0 Å². The van der Waals surface area contributed by atoms with E-state index in [1.54, 1.807) is 0 Å². The molecule has 0 amide bonds. The van der Waals surface area contributed by atoms with E-state index in [0.29, 0.717) is 18.2 Å². The summed E-state index contributed by atoms with van der Waals surface area (Å²) in [6.07, 6.45) is -9.91. The third kappa shape index (κ3) is 2.46. The van der Waals surface area contributed by atoms with Crippen LogP contribution in [-0.2, 0) is 24.1 Å². The van der Waals surface area contributed by atoms with Gasteiger partial charge in [0.25, 0.3) is 0 Å². The van der Waals surface area contributed by atoms with Gasteiger partial charge in [-0.25, -0.2) is 5.11 Å². The summed E-state index contributed by atoms with van der Waals surface area (Å²) in [5, 5.41) is 10.5. The second-order valence-corrected chi connectivity index (χ2v) is 2.97. The van der Waals surface area contributed by atoms with Crippen LogP contribution < -0.4 is 0 Å². The lowest BCUT2D eigenvalue weighted by molar-refractivity contribution is -0.145. The lowest BCUT2D eigenvalue weighted by atomic mass is 10.0. The topological polar surface area (TPSA) is 19.9 Å². The van der Waals surface area contributed by atoms with Gasteiger partial charge in [0.2, 0.25) is 0 Å². The van der Waals surface area contributed by atoms with Crippen LogP contribution in [-0.4, -0.2) is 0 Å². The van der Waals surface area contributed by atoms with Gasteiger partial charge in [-0.1, -0.05) is 6.07 Å². The van der Waals surface area contributed by atoms with Crippen molar-refractivity contribution >= 4 is 0 Å². The van der Waals surface area contributed by atoms with E-state index >= 15 is 0 Å². The highest BCUT2D eigenvalue weighted by molar-refractivity contribution is 5.38. The Morgan fingerprint density at radius 3 is 1.50 bits per heavy atom. The Kier molecular flexibility index (Phi) is 3.18. The highest BCUT2D eigenvalue weighted by atomic mass is 19.4. The van der Waals surface area contributed by atoms with Crippen LogP contribution in [0, 0.1) is 0 Å². The summed E-state index contributed by atoms with van der Waals surface area (Å²) in [4.78, 5) is 0. The van der Waals surface area contributed by atoms with E-state index in [-0.39, 0.29) is 0 Å². The minimum absolute atomic E-state index is 0.461. The maximum atomic E-state index is 12.3. The van der Waals surface area contributed by atoms with Gasteiger partial charge in [0.15, 0.2) is 0 Å². The molecule has 1 radical (unpaired) electrons. The molecule has 0 fully saturated rings. The maximum Gasteiger partial charge on any atom is 0.416 e. The first kappa shape index (κ1) is 12.8. The second-order valence-electron chi connectivity index (χ2n) is 2.97. The Bertz CT molecular complexity index is 346. The Balaban J connectivity index is 3.45. The first-order chi connectivity index (χ1) is 7.18. The molecular formula is C9H5F6O. The van der Waals surface area contributed by atoms with Crippen LogP contribution in [0.1, 0.15) is 16.7 Å². The zero-order chi connectivity index (χ0) is 12.6. The summed E-state index contributed by atoms with van der Waals surface area (Å²) in [5.41, 5.74) is -4.32. The number of halogens is 6. The van der Waals surface area contributed by atoms with Gasteiger partial charge in [-0.05, 0) is 12.1 Å². The molecule has 1 rings (SSSR count). The fraction of sp³-hybridized carbons (Fsp3) is 0.333. The minimum atomic E-state index is -4.96. The van der Waals surface area contributed by atoms with Crippen LogP contribution >= 0.6 is 0 Å². The van der Waals surface area contributed by atoms with Crippen molar-refractivity contribution in [1.82, 2.24) is 0 Å². The minimum Gasteiger partial charge on any atom is -0.232 e. The third-order valence-corrected chi connectivity index (χ3v) is 1.93. The van der Waals surface area contributed by atoms with Crippen molar-refractivity contribution in [3.63, 3.8) is 0 Å². The van der Waals surface area contributed by atoms with Crippen LogP contribution in [0.2, 0.25) is 0 Å². The molecule has 0 saturated heterocycles. The summed E-state index contributed by atoms with van der Waals surface area (Å²) < 4.78 is 73.8. The predicted octanol–water partition coefficient (Wildman–Crippen LogP) is 3.65. The molecule has 0 saturated carbocycles. The van der Waals surface area contributed by atoms with E-state index < -0.39 is 35.6 Å². The highest BCUT2D eigenvalue weighted by Gasteiger charge is 2.40. The van der Waals surface area contributed by atoms with Gasteiger partial charge in [0, 0.05) is 5.56 Å². The van der Waals surface area contributed by atoms with Crippen LogP contribution in [0.4, 0.5) is 26.3 Å². The molecule has 1 aromatic rings. The molecule has 0 aliphatic rings. The average molecular weight is 243 g/mol. The van der Waals surface area contributed by atoms with Gasteiger partial charge in [-0.15, -0.1) is 0 Å². The molecule has 0 aliphatic carbocycles. The monoisotopic (exact) mass is 243 g/mol. The van der Waals surface area contributed by atoms with Gasteiger partial charge in [-0.3, -0.25) is 0 Å². The van der Waals surface area contributed by atoms with Crippen molar-refractivity contribution in [3.05, 3.63) is 34.9 Å². The summed E-state index contributed by atoms with van der Waals surface area (Å²) in [7, 11) is 0. The van der Waals surface area contributed by atoms with E-state index in [1.165, 1.54) is 0 Å². The van der Waals surface area contributed by atoms with Crippen molar-refractivity contribution < 1.29 is 31.4 Å². The first-order valence-corrected chi connectivity index (χ1v) is 4.02. The quantitative estimate of drug-likeness (QED) is 0.671. The molecule has 89 valence electrons. The first-order valence-electron chi connectivity index (χ1n) is 4.02. The van der Waals surface area contributed by atoms with Crippen LogP contribution in [0.15, 0.2) is 18.2 Å². The SMILES string of the molecule is [O]Cc1c(C(F)(F)F)cccc1C(F)(F)F. The average Bonchev–Trinajstić information content (AvgIpc) is 2.13. The Morgan fingerprint density at radius 1 is 0.875 bits per heavy atom. The predicted molar refractivity (Wildman–Crippen MR) is 40.8 cm³/mol. The molecule has 0 heterocycles. The number of hydrogen-bond acceptors (Lipinski definition) is 0. The fourth-order valence-corrected chi connectivity index (χ4v) is 1.27. The third-order valence-electron chi connectivity index (χ3n) is 1.93. The van der Waals surface area contributed by atoms with E-state index in [2.05, 4.69) is 0 Å². The van der Waals surface area contributed by atoms with Crippen LogP contribution in [0.25, 0.3) is 0 Å². The van der Waals surface area contributed by atoms with Crippen molar-refractivity contribution in [2.24, 2.45) is 0 Å². The number of hydrogen-bond donors (Lipinski definition) is 0. The lowest BCUT2D eigenvalue weighted by Gasteiger charge is -2.16. The maximum absolute atomic E-state index is 12.3. The number of alkyl halides is 6. The van der Waals surface area contributed by atoms with E-state index in [1.807, 2.05) is 0 Å². The molecule has 0 aliphatic heterocycles. The second kappa shape index (κ2) is 3.97. The standard InChI is InChI=1S/C9H5F6O/c10-8(11,12)6-2-1-3-7(5(6)4-16)9(13,14)15/h1-3H,4H2. The van der Waals surface area contributed by atoms with E-state index in [4.69, 9.17) is 0 Å². The molecule has 0 unspecified atom stereocenters. The van der Waals surface area contributed by atoms with E-state index in [0.717, 1.165) is 0 Å². The lowest BCUT2D eigenvalue weighted by Crippen LogP contribution is -2.16. The largest absolute Gasteiger partial charge is 0.416 e. The van der Waals surface area contributed by atoms with E-state index in [9.17, 15) is 31.4 Å². The van der Waals surface area contributed by atoms with Gasteiger partial charge in [0.05, 0.1) is 11.1 Å². The van der Waals surface area contributed by atoms with Gasteiger partial charge in [0.1, 0.15) is 6.61 Å². The zero-order valence-corrected chi connectivity index (χ0v) is 7.62. The Labute approximate surface area is 86.3 Å². The number of benzene rings is 1. The van der Waals surface area contributed by atoms with Gasteiger partial charge in [-0.2, -0.15) is 26.3 Å². The van der Waals surface area contributed by atoms with Crippen molar-refractivity contribution in [2.45, 2.75) is 19.0 Å². The van der Waals surface area contributed by atoms with Crippen molar-refractivity contribution in [3.8, 4) is 0 Å². The van der Waals surface area contributed by atoms with Crippen LogP contribution in [0.3, 0.4) is 0 Å². The molecule has 1 aromatic carbocycles. The van der Waals surface area contributed by atoms with Gasteiger partial charge >= 0.3 is 12.4 Å². The Morgan fingerprint density at radius 2 is 1.25 bits per heavy atom. The molecule has 0 spiro atoms. The van der Waals surface area contributed by atoms with Crippen molar-refractivity contribution in [2.75, 3.05) is 0 Å². The molecule has 0 aromatic heterocycles. The summed E-state index contributed by atoms with van der Waals surface area (Å²) in [5.74, 6) is 0. The summed E-state index contributed by atoms with van der Waals surface area (Å²) in [6, 6.07) is 1.55. The van der Waals surface area contributed by atoms with Crippen LogP contribution in [0.5, 0.6) is 0 Å². The molecule has 0 bridgehead atoms. The highest BCUT2D eigenvalue weighted by Crippen LogP contribution is 2.39.